The minimum Gasteiger partial charge on any atom is -0.493 e. The Hall–Kier alpha value is -2.98. The van der Waals surface area contributed by atoms with Gasteiger partial charge in [0, 0.05) is 25.2 Å². The standard InChI is InChI=1S/C18H18F6N2O3/c1-25-8-5-13(6-9-27)26-16(28)14-4-3-12(18(22,23)24)11-15(14)29-10-2-7-17(19,20)21/h3-6,8-9,11,25H,2,7,10H2,1H3,(H,26,28)/b8-5-,13-6+. The number of rotatable bonds is 9. The Balaban J connectivity index is 3.10. The molecule has 5 nitrogen and oxygen atoms in total. The zero-order valence-corrected chi connectivity index (χ0v) is 15.2. The van der Waals surface area contributed by atoms with Gasteiger partial charge in [-0.1, -0.05) is 0 Å². The molecule has 0 heterocycles. The fourth-order valence-electron chi connectivity index (χ4n) is 2.04. The van der Waals surface area contributed by atoms with E-state index in [0.29, 0.717) is 18.4 Å². The van der Waals surface area contributed by atoms with Crippen LogP contribution in [0.5, 0.6) is 5.75 Å². The summed E-state index contributed by atoms with van der Waals surface area (Å²) < 4.78 is 80.4. The van der Waals surface area contributed by atoms with Crippen LogP contribution in [-0.2, 0) is 11.0 Å². The number of carbonyl (C=O) groups excluding carboxylic acids is 2. The summed E-state index contributed by atoms with van der Waals surface area (Å²) in [5.41, 5.74) is -1.43. The molecule has 160 valence electrons. The Morgan fingerprint density at radius 3 is 2.41 bits per heavy atom. The Morgan fingerprint density at radius 1 is 1.17 bits per heavy atom. The summed E-state index contributed by atoms with van der Waals surface area (Å²) in [5, 5.41) is 4.93. The van der Waals surface area contributed by atoms with Crippen LogP contribution >= 0.6 is 0 Å². The highest BCUT2D eigenvalue weighted by molar-refractivity contribution is 5.98. The van der Waals surface area contributed by atoms with Gasteiger partial charge in [-0.15, -0.1) is 0 Å². The molecule has 0 bridgehead atoms. The van der Waals surface area contributed by atoms with Crippen molar-refractivity contribution >= 4 is 12.2 Å². The van der Waals surface area contributed by atoms with Gasteiger partial charge in [-0.3, -0.25) is 9.59 Å². The molecule has 0 aliphatic heterocycles. The van der Waals surface area contributed by atoms with Crippen LogP contribution in [-0.4, -0.2) is 32.0 Å². The lowest BCUT2D eigenvalue weighted by molar-refractivity contribution is -0.137. The summed E-state index contributed by atoms with van der Waals surface area (Å²) in [6, 6.07) is 2.02. The lowest BCUT2D eigenvalue weighted by Gasteiger charge is -2.15. The molecule has 0 saturated heterocycles. The number of hydrogen-bond acceptors (Lipinski definition) is 4. The van der Waals surface area contributed by atoms with Crippen LogP contribution in [0.1, 0.15) is 28.8 Å². The number of halogens is 6. The number of alkyl halides is 6. The number of benzene rings is 1. The molecule has 0 aromatic heterocycles. The van der Waals surface area contributed by atoms with E-state index in [2.05, 4.69) is 10.6 Å². The van der Waals surface area contributed by atoms with Gasteiger partial charge in [0.1, 0.15) is 12.0 Å². The van der Waals surface area contributed by atoms with Crippen molar-refractivity contribution < 1.29 is 40.7 Å². The number of amides is 1. The zero-order valence-electron chi connectivity index (χ0n) is 15.2. The Kier molecular flexibility index (Phi) is 8.74. The number of aldehydes is 1. The van der Waals surface area contributed by atoms with Crippen LogP contribution in [0.3, 0.4) is 0 Å². The number of allylic oxidation sites excluding steroid dienone is 2. The smallest absolute Gasteiger partial charge is 0.416 e. The third-order valence-electron chi connectivity index (χ3n) is 3.35. The first-order chi connectivity index (χ1) is 13.5. The highest BCUT2D eigenvalue weighted by Gasteiger charge is 2.32. The van der Waals surface area contributed by atoms with E-state index < -0.39 is 49.0 Å². The van der Waals surface area contributed by atoms with Crippen LogP contribution in [0.15, 0.2) is 42.2 Å². The monoisotopic (exact) mass is 424 g/mol. The largest absolute Gasteiger partial charge is 0.493 e. The summed E-state index contributed by atoms with van der Waals surface area (Å²) in [7, 11) is 1.56. The Bertz CT molecular complexity index is 770. The van der Waals surface area contributed by atoms with Crippen LogP contribution in [0.25, 0.3) is 0 Å². The maximum absolute atomic E-state index is 12.9. The van der Waals surface area contributed by atoms with Crippen molar-refractivity contribution in [3.63, 3.8) is 0 Å². The van der Waals surface area contributed by atoms with Crippen LogP contribution in [0.2, 0.25) is 0 Å². The molecule has 1 amide bonds. The molecule has 0 radical (unpaired) electrons. The van der Waals surface area contributed by atoms with Crippen LogP contribution < -0.4 is 15.4 Å². The van der Waals surface area contributed by atoms with Gasteiger partial charge in [-0.05, 0) is 36.9 Å². The minimum atomic E-state index is -4.74. The maximum Gasteiger partial charge on any atom is 0.416 e. The molecule has 0 saturated carbocycles. The number of nitrogens with one attached hydrogen (secondary N) is 2. The van der Waals surface area contributed by atoms with E-state index in [1.165, 1.54) is 12.3 Å². The third-order valence-corrected chi connectivity index (χ3v) is 3.35. The molecule has 1 aromatic rings. The molecule has 0 aliphatic rings. The summed E-state index contributed by atoms with van der Waals surface area (Å²) in [5.74, 6) is -1.43. The van der Waals surface area contributed by atoms with Gasteiger partial charge >= 0.3 is 12.4 Å². The highest BCUT2D eigenvalue weighted by Crippen LogP contribution is 2.33. The van der Waals surface area contributed by atoms with Gasteiger partial charge < -0.3 is 15.4 Å². The first kappa shape index (κ1) is 24.1. The van der Waals surface area contributed by atoms with E-state index in [4.69, 9.17) is 4.74 Å². The quantitative estimate of drug-likeness (QED) is 0.207. The highest BCUT2D eigenvalue weighted by atomic mass is 19.4. The lowest BCUT2D eigenvalue weighted by atomic mass is 10.1. The zero-order chi connectivity index (χ0) is 22.1. The summed E-state index contributed by atoms with van der Waals surface area (Å²) in [6.07, 6.45) is -6.77. The van der Waals surface area contributed by atoms with Crippen molar-refractivity contribution in [1.82, 2.24) is 10.6 Å². The van der Waals surface area contributed by atoms with Gasteiger partial charge in [0.2, 0.25) is 0 Å². The lowest BCUT2D eigenvalue weighted by Crippen LogP contribution is -2.23. The molecule has 0 aliphatic carbocycles. The SMILES string of the molecule is CN/C=C\C(=C/C=O)NC(=O)c1ccc(C(F)(F)F)cc1OCCCC(F)(F)F. The van der Waals surface area contributed by atoms with Gasteiger partial charge in [0.05, 0.1) is 17.7 Å². The molecule has 0 atom stereocenters. The second kappa shape index (κ2) is 10.5. The third kappa shape index (κ3) is 8.71. The van der Waals surface area contributed by atoms with Crippen molar-refractivity contribution in [3.8, 4) is 5.75 Å². The molecule has 2 N–H and O–H groups in total. The first-order valence-corrected chi connectivity index (χ1v) is 8.19. The van der Waals surface area contributed by atoms with Crippen LogP contribution in [0.4, 0.5) is 26.3 Å². The van der Waals surface area contributed by atoms with E-state index in [1.807, 2.05) is 0 Å². The van der Waals surface area contributed by atoms with Gasteiger partial charge in [-0.25, -0.2) is 0 Å². The van der Waals surface area contributed by atoms with Crippen molar-refractivity contribution in [2.24, 2.45) is 0 Å². The van der Waals surface area contributed by atoms with E-state index in [-0.39, 0.29) is 11.3 Å². The molecule has 1 aromatic carbocycles. The fourth-order valence-corrected chi connectivity index (χ4v) is 2.04. The molecular formula is C18H18F6N2O3. The molecule has 0 fully saturated rings. The second-order valence-electron chi connectivity index (χ2n) is 5.61. The average molecular weight is 424 g/mol. The van der Waals surface area contributed by atoms with E-state index >= 15 is 0 Å². The van der Waals surface area contributed by atoms with Crippen molar-refractivity contribution in [1.29, 1.82) is 0 Å². The predicted molar refractivity (Wildman–Crippen MR) is 92.0 cm³/mol. The number of hydrogen-bond donors (Lipinski definition) is 2. The summed E-state index contributed by atoms with van der Waals surface area (Å²) in [4.78, 5) is 23.1. The molecule has 29 heavy (non-hydrogen) atoms. The Labute approximate surface area is 162 Å². The van der Waals surface area contributed by atoms with Crippen molar-refractivity contribution in [3.05, 3.63) is 53.4 Å². The first-order valence-electron chi connectivity index (χ1n) is 8.19. The summed E-state index contributed by atoms with van der Waals surface area (Å²) in [6.45, 7) is -0.544. The van der Waals surface area contributed by atoms with Gasteiger partial charge in [0.25, 0.3) is 5.91 Å². The normalized spacial score (nSPS) is 12.7. The summed E-state index contributed by atoms with van der Waals surface area (Å²) >= 11 is 0. The topological polar surface area (TPSA) is 67.4 Å². The second-order valence-corrected chi connectivity index (χ2v) is 5.61. The van der Waals surface area contributed by atoms with Gasteiger partial charge in [0.15, 0.2) is 0 Å². The van der Waals surface area contributed by atoms with Gasteiger partial charge in [-0.2, -0.15) is 26.3 Å². The van der Waals surface area contributed by atoms with E-state index in [0.717, 1.165) is 12.1 Å². The molecule has 11 heteroatoms. The molecule has 0 unspecified atom stereocenters. The van der Waals surface area contributed by atoms with Crippen LogP contribution in [0, 0.1) is 0 Å². The molecule has 1 rings (SSSR count). The minimum absolute atomic E-state index is 0.0299. The van der Waals surface area contributed by atoms with E-state index in [1.54, 1.807) is 7.05 Å². The number of ether oxygens (including phenoxy) is 1. The Morgan fingerprint density at radius 2 is 1.86 bits per heavy atom. The molecule has 0 spiro atoms. The average Bonchev–Trinajstić information content (AvgIpc) is 2.61. The van der Waals surface area contributed by atoms with E-state index in [9.17, 15) is 35.9 Å². The maximum atomic E-state index is 12.9. The number of carbonyl (C=O) groups is 2. The van der Waals surface area contributed by atoms with Crippen molar-refractivity contribution in [2.45, 2.75) is 25.2 Å². The predicted octanol–water partition coefficient (Wildman–Crippen LogP) is 3.97. The molecular weight excluding hydrogens is 406 g/mol. The fraction of sp³-hybridized carbons (Fsp3) is 0.333. The van der Waals surface area contributed by atoms with Crippen molar-refractivity contribution in [2.75, 3.05) is 13.7 Å².